The van der Waals surface area contributed by atoms with E-state index < -0.39 is 5.60 Å². The summed E-state index contributed by atoms with van der Waals surface area (Å²) in [5, 5.41) is 37.9. The molecule has 4 rings (SSSR count). The first-order valence-corrected chi connectivity index (χ1v) is 13.7. The molecule has 0 spiro atoms. The van der Waals surface area contributed by atoms with Crippen molar-refractivity contribution in [2.45, 2.75) is 63.9 Å². The number of aromatic hydroxyl groups is 2. The molecule has 6 heteroatoms. The van der Waals surface area contributed by atoms with Crippen LogP contribution in [0.1, 0.15) is 57.4 Å². The molecular formula is C30H41ClN2O3. The topological polar surface area (TPSA) is 98.7 Å². The molecule has 0 aliphatic heterocycles. The summed E-state index contributed by atoms with van der Waals surface area (Å²) in [5.41, 5.74) is 7.54. The second kappa shape index (κ2) is 11.5. The fourth-order valence-electron chi connectivity index (χ4n) is 5.95. The minimum atomic E-state index is -0.900. The molecule has 2 saturated carbocycles. The Balaban J connectivity index is 1.59. The summed E-state index contributed by atoms with van der Waals surface area (Å²) in [7, 11) is 0. The van der Waals surface area contributed by atoms with Crippen molar-refractivity contribution in [3.05, 3.63) is 57.4 Å². The van der Waals surface area contributed by atoms with Crippen LogP contribution in [0.4, 0.5) is 0 Å². The van der Waals surface area contributed by atoms with E-state index in [0.29, 0.717) is 30.2 Å². The molecule has 0 heterocycles. The molecule has 0 amide bonds. The van der Waals surface area contributed by atoms with Crippen LogP contribution in [-0.2, 0) is 6.42 Å². The molecular weight excluding hydrogens is 472 g/mol. The Morgan fingerprint density at radius 3 is 2.61 bits per heavy atom. The Hall–Kier alpha value is -2.21. The number of hydrogen-bond donors (Lipinski definition) is 5. The molecule has 36 heavy (non-hydrogen) atoms. The van der Waals surface area contributed by atoms with Gasteiger partial charge in [0.1, 0.15) is 0 Å². The Bertz CT molecular complexity index is 1170. The van der Waals surface area contributed by atoms with E-state index in [0.717, 1.165) is 60.0 Å². The lowest BCUT2D eigenvalue weighted by molar-refractivity contribution is -0.0412. The van der Waals surface area contributed by atoms with Gasteiger partial charge in [0.25, 0.3) is 0 Å². The largest absolute Gasteiger partial charge is 0.504 e. The number of aryl methyl sites for hydroxylation is 1. The summed E-state index contributed by atoms with van der Waals surface area (Å²) in [6.07, 6.45) is 7.20. The van der Waals surface area contributed by atoms with E-state index in [9.17, 15) is 15.3 Å². The SMILES string of the molecule is C=c1cc(Cl)cc/c1=C(\N)C1CC(C)CC(CCNCC2CC2)C(O)(CCc2ccc(O)c(O)c2)C1. The van der Waals surface area contributed by atoms with Crippen molar-refractivity contribution in [1.82, 2.24) is 5.32 Å². The van der Waals surface area contributed by atoms with Gasteiger partial charge < -0.3 is 26.4 Å². The first-order chi connectivity index (χ1) is 17.1. The standard InChI is InChI=1S/C30H41ClN2O3/c1-19-13-23(29(32)26-7-6-25(31)15-20(26)2)17-30(36,11-9-21-5-8-27(34)28(35)16-21)24(14-19)10-12-33-18-22-3-4-22/h5-8,15-16,19,22-24,33-36H,2-4,9-14,17-18,32H2,1H3/b29-26+. The second-order valence-electron chi connectivity index (χ2n) is 11.3. The van der Waals surface area contributed by atoms with E-state index >= 15 is 0 Å². The quantitative estimate of drug-likeness (QED) is 0.198. The lowest BCUT2D eigenvalue weighted by Gasteiger charge is -2.37. The van der Waals surface area contributed by atoms with Crippen LogP contribution in [0.25, 0.3) is 12.3 Å². The molecule has 2 aromatic rings. The molecule has 2 aliphatic rings. The summed E-state index contributed by atoms with van der Waals surface area (Å²) in [4.78, 5) is 0. The first kappa shape index (κ1) is 26.8. The van der Waals surface area contributed by atoms with Crippen LogP contribution in [0, 0.1) is 23.7 Å². The predicted molar refractivity (Wildman–Crippen MR) is 147 cm³/mol. The molecule has 4 unspecified atom stereocenters. The minimum Gasteiger partial charge on any atom is -0.504 e. The van der Waals surface area contributed by atoms with Crippen molar-refractivity contribution in [3.63, 3.8) is 0 Å². The molecule has 196 valence electrons. The van der Waals surface area contributed by atoms with Gasteiger partial charge in [0, 0.05) is 21.9 Å². The monoisotopic (exact) mass is 512 g/mol. The van der Waals surface area contributed by atoms with Crippen molar-refractivity contribution in [3.8, 4) is 11.5 Å². The Labute approximate surface area is 219 Å². The number of rotatable bonds is 9. The summed E-state index contributed by atoms with van der Waals surface area (Å²) in [6.45, 7) is 8.39. The molecule has 2 aromatic carbocycles. The fraction of sp³-hybridized carbons (Fsp3) is 0.533. The third-order valence-corrected chi connectivity index (χ3v) is 8.47. The van der Waals surface area contributed by atoms with Gasteiger partial charge in [-0.1, -0.05) is 37.2 Å². The number of phenols is 2. The molecule has 6 N–H and O–H groups in total. The highest BCUT2D eigenvalue weighted by molar-refractivity contribution is 6.30. The van der Waals surface area contributed by atoms with E-state index in [1.165, 1.54) is 18.9 Å². The van der Waals surface area contributed by atoms with Crippen LogP contribution >= 0.6 is 11.6 Å². The van der Waals surface area contributed by atoms with E-state index in [2.05, 4.69) is 18.8 Å². The number of phenolic OH excluding ortho intramolecular Hbond substituents is 2. The van der Waals surface area contributed by atoms with Gasteiger partial charge in [-0.15, -0.1) is 0 Å². The normalized spacial score (nSPS) is 27.5. The van der Waals surface area contributed by atoms with Crippen LogP contribution < -0.4 is 21.5 Å². The highest BCUT2D eigenvalue weighted by Gasteiger charge is 2.42. The zero-order chi connectivity index (χ0) is 25.9. The van der Waals surface area contributed by atoms with Gasteiger partial charge in [0.05, 0.1) is 5.60 Å². The zero-order valence-corrected chi connectivity index (χ0v) is 22.1. The van der Waals surface area contributed by atoms with Gasteiger partial charge in [0.15, 0.2) is 11.5 Å². The Morgan fingerprint density at radius 1 is 1.14 bits per heavy atom. The highest BCUT2D eigenvalue weighted by Crippen LogP contribution is 2.44. The maximum Gasteiger partial charge on any atom is 0.157 e. The van der Waals surface area contributed by atoms with Crippen molar-refractivity contribution in [1.29, 1.82) is 0 Å². The summed E-state index contributed by atoms with van der Waals surface area (Å²) in [5.74, 6) is 1.17. The number of nitrogens with two attached hydrogens (primary N) is 1. The van der Waals surface area contributed by atoms with Crippen molar-refractivity contribution < 1.29 is 15.3 Å². The van der Waals surface area contributed by atoms with Gasteiger partial charge in [-0.05, 0) is 117 Å². The fourth-order valence-corrected chi connectivity index (χ4v) is 6.14. The molecule has 4 atom stereocenters. The van der Waals surface area contributed by atoms with Crippen molar-refractivity contribution in [2.75, 3.05) is 13.1 Å². The van der Waals surface area contributed by atoms with E-state index in [1.54, 1.807) is 6.07 Å². The number of halogens is 1. The number of nitrogens with one attached hydrogen (secondary N) is 1. The highest BCUT2D eigenvalue weighted by atomic mass is 35.5. The maximum atomic E-state index is 12.3. The van der Waals surface area contributed by atoms with Crippen molar-refractivity contribution in [2.24, 2.45) is 29.4 Å². The molecule has 0 saturated heterocycles. The van der Waals surface area contributed by atoms with Crippen LogP contribution in [0.2, 0.25) is 5.02 Å². The second-order valence-corrected chi connectivity index (χ2v) is 11.7. The third kappa shape index (κ3) is 6.76. The predicted octanol–water partition coefficient (Wildman–Crippen LogP) is 4.03. The van der Waals surface area contributed by atoms with E-state index in [4.69, 9.17) is 17.3 Å². The molecule has 2 fully saturated rings. The smallest absolute Gasteiger partial charge is 0.157 e. The minimum absolute atomic E-state index is 0.0318. The number of aliphatic hydroxyl groups is 1. The van der Waals surface area contributed by atoms with Crippen molar-refractivity contribution >= 4 is 23.9 Å². The average Bonchev–Trinajstić information content (AvgIpc) is 3.66. The average molecular weight is 513 g/mol. The maximum absolute atomic E-state index is 12.3. The summed E-state index contributed by atoms with van der Waals surface area (Å²) < 4.78 is 0. The first-order valence-electron chi connectivity index (χ1n) is 13.3. The van der Waals surface area contributed by atoms with Gasteiger partial charge >= 0.3 is 0 Å². The van der Waals surface area contributed by atoms with E-state index in [1.807, 2.05) is 24.3 Å². The Kier molecular flexibility index (Phi) is 8.54. The molecule has 2 aliphatic carbocycles. The van der Waals surface area contributed by atoms with Crippen LogP contribution in [0.15, 0.2) is 36.4 Å². The molecule has 5 nitrogen and oxygen atoms in total. The number of benzene rings is 2. The molecule has 0 bridgehead atoms. The van der Waals surface area contributed by atoms with Gasteiger partial charge in [-0.2, -0.15) is 0 Å². The van der Waals surface area contributed by atoms with Crippen LogP contribution in [-0.4, -0.2) is 34.0 Å². The van der Waals surface area contributed by atoms with Crippen LogP contribution in [0.5, 0.6) is 11.5 Å². The van der Waals surface area contributed by atoms with Gasteiger partial charge in [0.2, 0.25) is 0 Å². The van der Waals surface area contributed by atoms with E-state index in [-0.39, 0.29) is 23.3 Å². The lowest BCUT2D eigenvalue weighted by atomic mass is 9.75. The van der Waals surface area contributed by atoms with Gasteiger partial charge in [-0.3, -0.25) is 0 Å². The zero-order valence-electron chi connectivity index (χ0n) is 21.3. The third-order valence-electron chi connectivity index (χ3n) is 8.24. The summed E-state index contributed by atoms with van der Waals surface area (Å²) in [6, 6.07) is 10.5. The summed E-state index contributed by atoms with van der Waals surface area (Å²) >= 11 is 6.16. The molecule has 0 radical (unpaired) electrons. The lowest BCUT2D eigenvalue weighted by Crippen LogP contribution is -2.42. The van der Waals surface area contributed by atoms with Crippen LogP contribution in [0.3, 0.4) is 0 Å². The molecule has 0 aromatic heterocycles. The Morgan fingerprint density at radius 2 is 1.92 bits per heavy atom. The number of hydrogen-bond acceptors (Lipinski definition) is 5. The van der Waals surface area contributed by atoms with Gasteiger partial charge in [-0.25, -0.2) is 0 Å².